The number of nitrogens with one attached hydrogen (secondary N) is 1. The Morgan fingerprint density at radius 3 is 2.93 bits per heavy atom. The second-order valence-electron chi connectivity index (χ2n) is 3.44. The van der Waals surface area contributed by atoms with E-state index >= 15 is 0 Å². The van der Waals surface area contributed by atoms with E-state index in [9.17, 15) is 0 Å². The first kappa shape index (κ1) is 12.0. The van der Waals surface area contributed by atoms with E-state index in [1.807, 2.05) is 23.3 Å². The molecule has 0 bridgehead atoms. The van der Waals surface area contributed by atoms with Gasteiger partial charge in [0.2, 0.25) is 0 Å². The van der Waals surface area contributed by atoms with Gasteiger partial charge in [-0.2, -0.15) is 11.8 Å². The summed E-state index contributed by atoms with van der Waals surface area (Å²) in [5.41, 5.74) is 0. The highest BCUT2D eigenvalue weighted by atomic mass is 32.2. The maximum Gasteiger partial charge on any atom is 0.109 e. The Balaban J connectivity index is 2.29. The second kappa shape index (κ2) is 6.43. The van der Waals surface area contributed by atoms with Crippen LogP contribution in [0.4, 0.5) is 0 Å². The van der Waals surface area contributed by atoms with Crippen molar-refractivity contribution in [3.63, 3.8) is 0 Å². The highest BCUT2D eigenvalue weighted by molar-refractivity contribution is 7.98. The van der Waals surface area contributed by atoms with Crippen molar-refractivity contribution in [3.05, 3.63) is 16.6 Å². The number of aromatic nitrogens is 1. The van der Waals surface area contributed by atoms with Crippen LogP contribution in [-0.4, -0.2) is 23.0 Å². The van der Waals surface area contributed by atoms with E-state index < -0.39 is 0 Å². The van der Waals surface area contributed by atoms with E-state index in [2.05, 4.69) is 30.4 Å². The Bertz CT molecular complexity index is 236. The topological polar surface area (TPSA) is 24.9 Å². The molecule has 0 aliphatic carbocycles. The van der Waals surface area contributed by atoms with Gasteiger partial charge in [-0.25, -0.2) is 4.98 Å². The maximum absolute atomic E-state index is 4.30. The van der Waals surface area contributed by atoms with Crippen LogP contribution in [0.1, 0.15) is 31.3 Å². The summed E-state index contributed by atoms with van der Waals surface area (Å²) in [5.74, 6) is 1.22. The van der Waals surface area contributed by atoms with Crippen molar-refractivity contribution < 1.29 is 0 Å². The number of hydrogen-bond acceptors (Lipinski definition) is 4. The molecule has 4 heteroatoms. The molecule has 0 spiro atoms. The molecule has 2 atom stereocenters. The van der Waals surface area contributed by atoms with E-state index in [1.54, 1.807) is 11.3 Å². The monoisotopic (exact) mass is 230 g/mol. The first-order valence-corrected chi connectivity index (χ1v) is 7.15. The molecule has 0 radical (unpaired) electrons. The third kappa shape index (κ3) is 3.98. The van der Waals surface area contributed by atoms with Gasteiger partial charge in [0, 0.05) is 17.6 Å². The molecule has 1 rings (SSSR count). The lowest BCUT2D eigenvalue weighted by Crippen LogP contribution is -2.29. The number of nitrogens with zero attached hydrogens (tertiary/aromatic N) is 1. The summed E-state index contributed by atoms with van der Waals surface area (Å²) >= 11 is 3.62. The summed E-state index contributed by atoms with van der Waals surface area (Å²) < 4.78 is 0. The Hall–Kier alpha value is -0.0600. The highest BCUT2D eigenvalue weighted by Crippen LogP contribution is 2.16. The van der Waals surface area contributed by atoms with E-state index in [0.29, 0.717) is 12.1 Å². The van der Waals surface area contributed by atoms with Gasteiger partial charge in [0.1, 0.15) is 5.01 Å². The van der Waals surface area contributed by atoms with Crippen molar-refractivity contribution in [2.24, 2.45) is 0 Å². The van der Waals surface area contributed by atoms with Gasteiger partial charge in [-0.05, 0) is 32.3 Å². The average Bonchev–Trinajstić information content (AvgIpc) is 2.67. The summed E-state index contributed by atoms with van der Waals surface area (Å²) in [5, 5.41) is 6.76. The molecule has 1 heterocycles. The molecular formula is C10H18N2S2. The van der Waals surface area contributed by atoms with Crippen molar-refractivity contribution in [1.29, 1.82) is 0 Å². The van der Waals surface area contributed by atoms with Crippen LogP contribution < -0.4 is 5.32 Å². The van der Waals surface area contributed by atoms with Gasteiger partial charge in [-0.15, -0.1) is 11.3 Å². The van der Waals surface area contributed by atoms with Gasteiger partial charge in [0.05, 0.1) is 6.04 Å². The molecule has 0 aromatic carbocycles. The fourth-order valence-corrected chi connectivity index (χ4v) is 2.57. The van der Waals surface area contributed by atoms with Crippen LogP contribution in [0, 0.1) is 0 Å². The Morgan fingerprint density at radius 1 is 1.57 bits per heavy atom. The predicted molar refractivity (Wildman–Crippen MR) is 66.1 cm³/mol. The van der Waals surface area contributed by atoms with Crippen LogP contribution in [-0.2, 0) is 0 Å². The van der Waals surface area contributed by atoms with Crippen LogP contribution >= 0.6 is 23.1 Å². The molecule has 14 heavy (non-hydrogen) atoms. The molecule has 2 unspecified atom stereocenters. The van der Waals surface area contributed by atoms with Crippen molar-refractivity contribution in [2.75, 3.05) is 12.0 Å². The first-order valence-electron chi connectivity index (χ1n) is 4.88. The van der Waals surface area contributed by atoms with E-state index in [-0.39, 0.29) is 0 Å². The highest BCUT2D eigenvalue weighted by Gasteiger charge is 2.10. The lowest BCUT2D eigenvalue weighted by molar-refractivity contribution is 0.470. The lowest BCUT2D eigenvalue weighted by atomic mass is 10.2. The van der Waals surface area contributed by atoms with Crippen LogP contribution in [0.15, 0.2) is 11.6 Å². The molecule has 0 saturated carbocycles. The van der Waals surface area contributed by atoms with Crippen LogP contribution in [0.2, 0.25) is 0 Å². The fourth-order valence-electron chi connectivity index (χ4n) is 1.32. The molecule has 80 valence electrons. The molecule has 0 amide bonds. The van der Waals surface area contributed by atoms with Gasteiger partial charge in [0.15, 0.2) is 0 Å². The molecule has 0 saturated heterocycles. The molecule has 1 aromatic rings. The number of rotatable bonds is 6. The summed E-state index contributed by atoms with van der Waals surface area (Å²) in [6, 6.07) is 0.952. The smallest absolute Gasteiger partial charge is 0.109 e. The SMILES string of the molecule is CSCCC(C)NC(C)c1nccs1. The second-order valence-corrected chi connectivity index (χ2v) is 5.35. The summed E-state index contributed by atoms with van der Waals surface area (Å²) in [6.45, 7) is 4.41. The molecule has 0 aliphatic rings. The molecule has 0 fully saturated rings. The fraction of sp³-hybridized carbons (Fsp3) is 0.700. The largest absolute Gasteiger partial charge is 0.306 e. The Kier molecular flexibility index (Phi) is 5.52. The Morgan fingerprint density at radius 2 is 2.36 bits per heavy atom. The Labute approximate surface area is 94.5 Å². The third-order valence-electron chi connectivity index (χ3n) is 2.11. The minimum atomic E-state index is 0.381. The van der Waals surface area contributed by atoms with Gasteiger partial charge in [0.25, 0.3) is 0 Å². The summed E-state index contributed by atoms with van der Waals surface area (Å²) in [6.07, 6.45) is 5.23. The van der Waals surface area contributed by atoms with Gasteiger partial charge < -0.3 is 5.32 Å². The standard InChI is InChI=1S/C10H18N2S2/c1-8(4-6-13-3)12-9(2)10-11-5-7-14-10/h5,7-9,12H,4,6H2,1-3H3. The lowest BCUT2D eigenvalue weighted by Gasteiger charge is -2.17. The zero-order valence-electron chi connectivity index (χ0n) is 8.99. The number of hydrogen-bond donors (Lipinski definition) is 1. The molecule has 2 nitrogen and oxygen atoms in total. The normalized spacial score (nSPS) is 15.4. The minimum absolute atomic E-state index is 0.381. The van der Waals surface area contributed by atoms with Crippen molar-refractivity contribution in [3.8, 4) is 0 Å². The van der Waals surface area contributed by atoms with E-state index in [4.69, 9.17) is 0 Å². The van der Waals surface area contributed by atoms with E-state index in [1.165, 1.54) is 17.2 Å². The first-order chi connectivity index (χ1) is 6.74. The molecule has 0 aliphatic heterocycles. The zero-order chi connectivity index (χ0) is 10.4. The number of thioether (sulfide) groups is 1. The summed E-state index contributed by atoms with van der Waals surface area (Å²) in [4.78, 5) is 4.30. The average molecular weight is 230 g/mol. The predicted octanol–water partition coefficient (Wildman–Crippen LogP) is 2.94. The van der Waals surface area contributed by atoms with Crippen LogP contribution in [0.5, 0.6) is 0 Å². The molecule has 1 N–H and O–H groups in total. The molecule has 1 aromatic heterocycles. The van der Waals surface area contributed by atoms with E-state index in [0.717, 1.165) is 0 Å². The van der Waals surface area contributed by atoms with Crippen LogP contribution in [0.25, 0.3) is 0 Å². The van der Waals surface area contributed by atoms with Crippen molar-refractivity contribution in [2.45, 2.75) is 32.4 Å². The van der Waals surface area contributed by atoms with Crippen molar-refractivity contribution >= 4 is 23.1 Å². The number of thiazole rings is 1. The van der Waals surface area contributed by atoms with Gasteiger partial charge >= 0.3 is 0 Å². The van der Waals surface area contributed by atoms with Crippen molar-refractivity contribution in [1.82, 2.24) is 10.3 Å². The van der Waals surface area contributed by atoms with Crippen LogP contribution in [0.3, 0.4) is 0 Å². The zero-order valence-corrected chi connectivity index (χ0v) is 10.6. The minimum Gasteiger partial charge on any atom is -0.306 e. The molecular weight excluding hydrogens is 212 g/mol. The third-order valence-corrected chi connectivity index (χ3v) is 3.71. The van der Waals surface area contributed by atoms with Gasteiger partial charge in [-0.1, -0.05) is 0 Å². The quantitative estimate of drug-likeness (QED) is 0.813. The maximum atomic E-state index is 4.30. The summed E-state index contributed by atoms with van der Waals surface area (Å²) in [7, 11) is 0. The van der Waals surface area contributed by atoms with Gasteiger partial charge in [-0.3, -0.25) is 0 Å².